The van der Waals surface area contributed by atoms with E-state index in [1.54, 1.807) is 0 Å². The number of hydrogen-bond acceptors (Lipinski definition) is 4. The van der Waals surface area contributed by atoms with Crippen LogP contribution in [0.1, 0.15) is 50.3 Å². The number of hydrogen-bond donors (Lipinski definition) is 1. The lowest BCUT2D eigenvalue weighted by atomic mass is 10.1. The fraction of sp³-hybridized carbons (Fsp3) is 0.714. The molecule has 0 spiro atoms. The normalized spacial score (nSPS) is 20.1. The molecule has 0 atom stereocenters. The van der Waals surface area contributed by atoms with Crippen molar-refractivity contribution in [1.82, 2.24) is 9.97 Å². The van der Waals surface area contributed by atoms with Crippen molar-refractivity contribution in [3.8, 4) is 5.88 Å². The minimum absolute atomic E-state index is 0.562. The standard InChI is InChI=1S/C14H21N3O/c1-15-12-8-13(17-14(16-12)11-6-7-11)18-9-10-4-2-3-5-10/h8,10-11H,2-7,9H2,1H3,(H,15,16,17). The van der Waals surface area contributed by atoms with E-state index in [9.17, 15) is 0 Å². The van der Waals surface area contributed by atoms with Crippen LogP contribution in [0.3, 0.4) is 0 Å². The predicted octanol–water partition coefficient (Wildman–Crippen LogP) is 2.96. The van der Waals surface area contributed by atoms with Gasteiger partial charge in [0.15, 0.2) is 0 Å². The Morgan fingerprint density at radius 2 is 2.00 bits per heavy atom. The fourth-order valence-corrected chi connectivity index (χ4v) is 2.55. The molecule has 1 aromatic heterocycles. The molecular weight excluding hydrogens is 226 g/mol. The Hall–Kier alpha value is -1.32. The largest absolute Gasteiger partial charge is 0.477 e. The maximum Gasteiger partial charge on any atom is 0.218 e. The highest BCUT2D eigenvalue weighted by atomic mass is 16.5. The van der Waals surface area contributed by atoms with Crippen molar-refractivity contribution in [3.05, 3.63) is 11.9 Å². The molecule has 4 heteroatoms. The number of nitrogens with one attached hydrogen (secondary N) is 1. The van der Waals surface area contributed by atoms with Crippen molar-refractivity contribution in [2.75, 3.05) is 19.0 Å². The van der Waals surface area contributed by atoms with E-state index in [4.69, 9.17) is 4.74 Å². The summed E-state index contributed by atoms with van der Waals surface area (Å²) in [6.07, 6.45) is 7.75. The number of anilines is 1. The summed E-state index contributed by atoms with van der Waals surface area (Å²) in [6.45, 7) is 0.810. The number of aromatic nitrogens is 2. The minimum atomic E-state index is 0.562. The van der Waals surface area contributed by atoms with Crippen molar-refractivity contribution in [3.63, 3.8) is 0 Å². The zero-order valence-electron chi connectivity index (χ0n) is 11.0. The van der Waals surface area contributed by atoms with E-state index in [0.717, 1.165) is 30.0 Å². The summed E-state index contributed by atoms with van der Waals surface area (Å²) in [7, 11) is 1.89. The van der Waals surface area contributed by atoms with Crippen molar-refractivity contribution < 1.29 is 4.74 Å². The molecule has 98 valence electrons. The highest BCUT2D eigenvalue weighted by Gasteiger charge is 2.27. The van der Waals surface area contributed by atoms with E-state index in [-0.39, 0.29) is 0 Å². The van der Waals surface area contributed by atoms with Crippen molar-refractivity contribution in [1.29, 1.82) is 0 Å². The Labute approximate surface area is 108 Å². The van der Waals surface area contributed by atoms with Gasteiger partial charge in [0.05, 0.1) is 6.61 Å². The van der Waals surface area contributed by atoms with Crippen LogP contribution in [0.2, 0.25) is 0 Å². The van der Waals surface area contributed by atoms with Gasteiger partial charge in [-0.25, -0.2) is 4.98 Å². The van der Waals surface area contributed by atoms with Crippen molar-refractivity contribution in [2.45, 2.75) is 44.4 Å². The molecule has 18 heavy (non-hydrogen) atoms. The summed E-state index contributed by atoms with van der Waals surface area (Å²) in [5.41, 5.74) is 0. The highest BCUT2D eigenvalue weighted by Crippen LogP contribution is 2.39. The quantitative estimate of drug-likeness (QED) is 0.869. The van der Waals surface area contributed by atoms with Crippen LogP contribution in [-0.4, -0.2) is 23.6 Å². The van der Waals surface area contributed by atoms with E-state index >= 15 is 0 Å². The number of nitrogens with zero attached hydrogens (tertiary/aromatic N) is 2. The topological polar surface area (TPSA) is 47.0 Å². The maximum absolute atomic E-state index is 5.86. The number of rotatable bonds is 5. The molecule has 4 nitrogen and oxygen atoms in total. The molecular formula is C14H21N3O. The van der Waals surface area contributed by atoms with Gasteiger partial charge in [-0.3, -0.25) is 0 Å². The fourth-order valence-electron chi connectivity index (χ4n) is 2.55. The van der Waals surface area contributed by atoms with Gasteiger partial charge in [-0.1, -0.05) is 12.8 Å². The third-order valence-electron chi connectivity index (χ3n) is 3.86. The van der Waals surface area contributed by atoms with Crippen molar-refractivity contribution >= 4 is 5.82 Å². The van der Waals surface area contributed by atoms with E-state index < -0.39 is 0 Å². The second-order valence-electron chi connectivity index (χ2n) is 5.44. The van der Waals surface area contributed by atoms with Crippen LogP contribution in [0.25, 0.3) is 0 Å². The molecule has 2 fully saturated rings. The zero-order valence-corrected chi connectivity index (χ0v) is 11.0. The zero-order chi connectivity index (χ0) is 12.4. The molecule has 0 aromatic carbocycles. The molecule has 0 aliphatic heterocycles. The van der Waals surface area contributed by atoms with Gasteiger partial charge in [0.25, 0.3) is 0 Å². The van der Waals surface area contributed by atoms with Crippen LogP contribution >= 0.6 is 0 Å². The Morgan fingerprint density at radius 1 is 1.22 bits per heavy atom. The lowest BCUT2D eigenvalue weighted by molar-refractivity contribution is 0.242. The molecule has 2 aliphatic rings. The number of ether oxygens (including phenoxy) is 1. The molecule has 1 N–H and O–H groups in total. The van der Waals surface area contributed by atoms with Crippen LogP contribution in [0.4, 0.5) is 5.82 Å². The van der Waals surface area contributed by atoms with Gasteiger partial charge in [0, 0.05) is 19.0 Å². The monoisotopic (exact) mass is 247 g/mol. The highest BCUT2D eigenvalue weighted by molar-refractivity contribution is 5.38. The third kappa shape index (κ3) is 2.74. The average Bonchev–Trinajstić information content (AvgIpc) is 3.13. The van der Waals surface area contributed by atoms with Gasteiger partial charge in [0.2, 0.25) is 5.88 Å². The summed E-state index contributed by atoms with van der Waals surface area (Å²) in [5.74, 6) is 3.84. The first-order valence-electron chi connectivity index (χ1n) is 7.04. The van der Waals surface area contributed by atoms with Crippen LogP contribution in [-0.2, 0) is 0 Å². The lowest BCUT2D eigenvalue weighted by Crippen LogP contribution is -2.10. The molecule has 0 bridgehead atoms. The third-order valence-corrected chi connectivity index (χ3v) is 3.86. The first-order valence-corrected chi connectivity index (χ1v) is 7.04. The van der Waals surface area contributed by atoms with Gasteiger partial charge < -0.3 is 10.1 Å². The summed E-state index contributed by atoms with van der Waals surface area (Å²) in [4.78, 5) is 9.02. The van der Waals surface area contributed by atoms with Gasteiger partial charge >= 0.3 is 0 Å². The second-order valence-corrected chi connectivity index (χ2v) is 5.44. The lowest BCUT2D eigenvalue weighted by Gasteiger charge is -2.12. The van der Waals surface area contributed by atoms with Gasteiger partial charge in [-0.05, 0) is 31.6 Å². The van der Waals surface area contributed by atoms with Gasteiger partial charge in [-0.15, -0.1) is 0 Å². The molecule has 0 saturated heterocycles. The average molecular weight is 247 g/mol. The summed E-state index contributed by atoms with van der Waals surface area (Å²) < 4.78 is 5.86. The van der Waals surface area contributed by atoms with Crippen LogP contribution in [0.15, 0.2) is 6.07 Å². The van der Waals surface area contributed by atoms with Gasteiger partial charge in [-0.2, -0.15) is 4.98 Å². The summed E-state index contributed by atoms with van der Waals surface area (Å²) in [5, 5.41) is 3.09. The molecule has 1 heterocycles. The summed E-state index contributed by atoms with van der Waals surface area (Å²) in [6, 6.07) is 1.90. The van der Waals surface area contributed by atoms with E-state index in [1.807, 2.05) is 13.1 Å². The Bertz CT molecular complexity index is 412. The van der Waals surface area contributed by atoms with E-state index in [0.29, 0.717) is 5.92 Å². The molecule has 2 aliphatic carbocycles. The van der Waals surface area contributed by atoms with Crippen LogP contribution in [0, 0.1) is 5.92 Å². The first-order chi connectivity index (χ1) is 8.85. The SMILES string of the molecule is CNc1cc(OCC2CCCC2)nc(C2CC2)n1. The molecule has 0 radical (unpaired) electrons. The summed E-state index contributed by atoms with van der Waals surface area (Å²) >= 11 is 0. The molecule has 0 amide bonds. The second kappa shape index (κ2) is 5.12. The van der Waals surface area contributed by atoms with Crippen LogP contribution < -0.4 is 10.1 Å². The predicted molar refractivity (Wildman–Crippen MR) is 71.0 cm³/mol. The smallest absolute Gasteiger partial charge is 0.218 e. The Balaban J connectivity index is 1.67. The van der Waals surface area contributed by atoms with E-state index in [2.05, 4.69) is 15.3 Å². The molecule has 2 saturated carbocycles. The maximum atomic E-state index is 5.86. The first kappa shape index (κ1) is 11.8. The van der Waals surface area contributed by atoms with Crippen molar-refractivity contribution in [2.24, 2.45) is 5.92 Å². The Kier molecular flexibility index (Phi) is 3.35. The minimum Gasteiger partial charge on any atom is -0.477 e. The van der Waals surface area contributed by atoms with E-state index in [1.165, 1.54) is 38.5 Å². The van der Waals surface area contributed by atoms with Crippen LogP contribution in [0.5, 0.6) is 5.88 Å². The Morgan fingerprint density at radius 3 is 2.67 bits per heavy atom. The molecule has 3 rings (SSSR count). The molecule has 0 unspecified atom stereocenters. The molecule has 1 aromatic rings. The van der Waals surface area contributed by atoms with Gasteiger partial charge in [0.1, 0.15) is 11.6 Å².